The van der Waals surface area contributed by atoms with E-state index >= 15 is 0 Å². The highest BCUT2D eigenvalue weighted by Gasteiger charge is 2.24. The number of rotatable bonds is 6. The minimum absolute atomic E-state index is 0.579. The molecule has 4 aromatic heterocycles. The van der Waals surface area contributed by atoms with Gasteiger partial charge in [0.25, 0.3) is 0 Å². The van der Waals surface area contributed by atoms with Gasteiger partial charge < -0.3 is 13.6 Å². The Labute approximate surface area is 361 Å². The summed E-state index contributed by atoms with van der Waals surface area (Å²) in [5.41, 5.74) is 13.0. The molecular weight excluding hydrogens is 771 g/mol. The zero-order valence-corrected chi connectivity index (χ0v) is 33.9. The van der Waals surface area contributed by atoms with Gasteiger partial charge in [0.2, 0.25) is 0 Å². The fourth-order valence-electron chi connectivity index (χ4n) is 9.53. The molecule has 0 aliphatic carbocycles. The highest BCUT2D eigenvalue weighted by Crippen LogP contribution is 2.45. The van der Waals surface area contributed by atoms with Crippen LogP contribution in [0.2, 0.25) is 0 Å². The van der Waals surface area contributed by atoms with Crippen molar-refractivity contribution in [2.75, 3.05) is 0 Å². The summed E-state index contributed by atoms with van der Waals surface area (Å²) in [6.45, 7) is 0. The van der Waals surface area contributed by atoms with Gasteiger partial charge in [-0.2, -0.15) is 0 Å². The molecule has 0 atom stereocenters. The van der Waals surface area contributed by atoms with Crippen molar-refractivity contribution >= 4 is 65.6 Å². The zero-order chi connectivity index (χ0) is 41.4. The summed E-state index contributed by atoms with van der Waals surface area (Å²) in [6.07, 6.45) is 0. The van der Waals surface area contributed by atoms with Gasteiger partial charge in [-0.15, -0.1) is 0 Å². The third kappa shape index (κ3) is 5.55. The third-order valence-corrected chi connectivity index (χ3v) is 12.3. The Morgan fingerprint density at radius 1 is 0.333 bits per heavy atom. The molecule has 0 saturated carbocycles. The second kappa shape index (κ2) is 14.0. The van der Waals surface area contributed by atoms with E-state index in [0.717, 1.165) is 77.7 Å². The maximum atomic E-state index is 7.12. The molecule has 6 nitrogen and oxygen atoms in total. The second-order valence-electron chi connectivity index (χ2n) is 16.0. The van der Waals surface area contributed by atoms with Crippen LogP contribution in [0.25, 0.3) is 122 Å². The average molecular weight is 806 g/mol. The van der Waals surface area contributed by atoms with Crippen LogP contribution in [0.5, 0.6) is 0 Å². The molecule has 0 spiro atoms. The van der Waals surface area contributed by atoms with Gasteiger partial charge in [0, 0.05) is 54.7 Å². The van der Waals surface area contributed by atoms with Crippen molar-refractivity contribution in [3.8, 4) is 56.7 Å². The van der Waals surface area contributed by atoms with Gasteiger partial charge in [0.05, 0.1) is 27.8 Å². The van der Waals surface area contributed by atoms with Crippen LogP contribution < -0.4 is 0 Å². The molecule has 13 rings (SSSR count). The van der Waals surface area contributed by atoms with E-state index in [1.54, 1.807) is 0 Å². The van der Waals surface area contributed by atoms with E-state index in [-0.39, 0.29) is 0 Å². The first kappa shape index (κ1) is 35.2. The molecular formula is C57H35N5O. The Kier molecular flexibility index (Phi) is 7.80. The van der Waals surface area contributed by atoms with Gasteiger partial charge in [-0.25, -0.2) is 15.0 Å². The molecule has 13 aromatic rings. The van der Waals surface area contributed by atoms with Gasteiger partial charge >= 0.3 is 0 Å². The quantitative estimate of drug-likeness (QED) is 0.168. The lowest BCUT2D eigenvalue weighted by atomic mass is 9.99. The smallest absolute Gasteiger partial charge is 0.164 e. The predicted octanol–water partition coefficient (Wildman–Crippen LogP) is 14.6. The number of hydrogen-bond donors (Lipinski definition) is 0. The summed E-state index contributed by atoms with van der Waals surface area (Å²) < 4.78 is 11.9. The molecule has 6 heteroatoms. The summed E-state index contributed by atoms with van der Waals surface area (Å²) in [4.78, 5) is 15.4. The van der Waals surface area contributed by atoms with Crippen LogP contribution >= 0.6 is 0 Å². The average Bonchev–Trinajstić information content (AvgIpc) is 4.01. The lowest BCUT2D eigenvalue weighted by molar-refractivity contribution is 0.666. The molecule has 9 aromatic carbocycles. The SMILES string of the molecule is c1ccc(-c2cc(-n3c4ccccc4c4cc5c6ccccc6n(-c6ccccc6)c5cc43)c3oc4cccc(-c5nc(-c6ccccc6)nc(-c6ccccc6)n5)c4c3c2)cc1. The minimum atomic E-state index is 0.579. The topological polar surface area (TPSA) is 61.7 Å². The third-order valence-electron chi connectivity index (χ3n) is 12.3. The monoisotopic (exact) mass is 805 g/mol. The number of para-hydroxylation sites is 3. The van der Waals surface area contributed by atoms with Gasteiger partial charge in [-0.05, 0) is 65.7 Å². The molecule has 0 bridgehead atoms. The first-order valence-electron chi connectivity index (χ1n) is 21.2. The molecule has 0 unspecified atom stereocenters. The fraction of sp³-hybridized carbons (Fsp3) is 0. The second-order valence-corrected chi connectivity index (χ2v) is 16.0. The number of hydrogen-bond acceptors (Lipinski definition) is 4. The van der Waals surface area contributed by atoms with Crippen molar-refractivity contribution in [1.82, 2.24) is 24.1 Å². The summed E-state index contributed by atoms with van der Waals surface area (Å²) in [5, 5.41) is 6.71. The van der Waals surface area contributed by atoms with Crippen molar-refractivity contribution in [2.24, 2.45) is 0 Å². The van der Waals surface area contributed by atoms with Gasteiger partial charge in [-0.1, -0.05) is 158 Å². The molecule has 0 amide bonds. The predicted molar refractivity (Wildman–Crippen MR) is 258 cm³/mol. The van der Waals surface area contributed by atoms with Crippen LogP contribution in [0.15, 0.2) is 217 Å². The van der Waals surface area contributed by atoms with Crippen LogP contribution in [0.3, 0.4) is 0 Å². The first-order valence-corrected chi connectivity index (χ1v) is 21.2. The lowest BCUT2D eigenvalue weighted by Crippen LogP contribution is -2.00. The summed E-state index contributed by atoms with van der Waals surface area (Å²) in [6, 6.07) is 74.4. The maximum absolute atomic E-state index is 7.12. The molecule has 0 aliphatic rings. The Morgan fingerprint density at radius 2 is 0.857 bits per heavy atom. The van der Waals surface area contributed by atoms with E-state index < -0.39 is 0 Å². The highest BCUT2D eigenvalue weighted by molar-refractivity contribution is 6.21. The molecule has 0 saturated heterocycles. The molecule has 4 heterocycles. The Bertz CT molecular complexity index is 3830. The number of furan rings is 1. The lowest BCUT2D eigenvalue weighted by Gasteiger charge is -2.13. The standard InChI is InChI=1S/C57H35N5O/c1-5-18-36(19-6-1)39-32-46-53-43(57-59-55(37-20-7-2-8-21-37)58-56(60-57)38-22-9-3-10-23-38)28-17-31-52(53)63-54(46)51(33-39)62-48-30-16-14-27-42(48)45-34-44-41-26-13-15-29-47(41)61(49(44)35-50(45)62)40-24-11-4-12-25-40/h1-35H. The van der Waals surface area contributed by atoms with Crippen LogP contribution in [-0.2, 0) is 0 Å². The van der Waals surface area contributed by atoms with Gasteiger partial charge in [0.1, 0.15) is 5.58 Å². The minimum Gasteiger partial charge on any atom is -0.454 e. The Hall–Kier alpha value is -8.61. The van der Waals surface area contributed by atoms with Crippen LogP contribution in [0, 0.1) is 0 Å². The van der Waals surface area contributed by atoms with E-state index in [2.05, 4.69) is 155 Å². The number of benzene rings is 9. The van der Waals surface area contributed by atoms with Crippen LogP contribution in [-0.4, -0.2) is 24.1 Å². The van der Waals surface area contributed by atoms with E-state index in [1.807, 2.05) is 66.7 Å². The van der Waals surface area contributed by atoms with Crippen LogP contribution in [0.4, 0.5) is 0 Å². The zero-order valence-electron chi connectivity index (χ0n) is 33.9. The van der Waals surface area contributed by atoms with Crippen LogP contribution in [0.1, 0.15) is 0 Å². The normalized spacial score (nSPS) is 11.8. The molecule has 0 N–H and O–H groups in total. The van der Waals surface area contributed by atoms with E-state index in [1.165, 1.54) is 27.1 Å². The summed E-state index contributed by atoms with van der Waals surface area (Å²) in [5.74, 6) is 1.80. The highest BCUT2D eigenvalue weighted by atomic mass is 16.3. The maximum Gasteiger partial charge on any atom is 0.164 e. The largest absolute Gasteiger partial charge is 0.454 e. The fourth-order valence-corrected chi connectivity index (χ4v) is 9.53. The number of nitrogens with zero attached hydrogens (tertiary/aromatic N) is 5. The molecule has 0 fully saturated rings. The van der Waals surface area contributed by atoms with Crippen molar-refractivity contribution in [3.63, 3.8) is 0 Å². The molecule has 63 heavy (non-hydrogen) atoms. The van der Waals surface area contributed by atoms with E-state index in [0.29, 0.717) is 17.5 Å². The summed E-state index contributed by atoms with van der Waals surface area (Å²) in [7, 11) is 0. The Balaban J connectivity index is 1.14. The Morgan fingerprint density at radius 3 is 1.49 bits per heavy atom. The van der Waals surface area contributed by atoms with Gasteiger partial charge in [0.15, 0.2) is 23.1 Å². The van der Waals surface area contributed by atoms with E-state index in [9.17, 15) is 0 Å². The van der Waals surface area contributed by atoms with Gasteiger partial charge in [-0.3, -0.25) is 0 Å². The van der Waals surface area contributed by atoms with Crippen molar-refractivity contribution in [2.45, 2.75) is 0 Å². The van der Waals surface area contributed by atoms with Crippen molar-refractivity contribution < 1.29 is 4.42 Å². The van der Waals surface area contributed by atoms with Crippen molar-refractivity contribution in [3.05, 3.63) is 212 Å². The molecule has 294 valence electrons. The molecule has 0 radical (unpaired) electrons. The van der Waals surface area contributed by atoms with E-state index in [4.69, 9.17) is 19.4 Å². The summed E-state index contributed by atoms with van der Waals surface area (Å²) >= 11 is 0. The number of aromatic nitrogens is 5. The number of fused-ring (bicyclic) bond motifs is 9. The van der Waals surface area contributed by atoms with Crippen molar-refractivity contribution in [1.29, 1.82) is 0 Å². The first-order chi connectivity index (χ1) is 31.2. The molecule has 0 aliphatic heterocycles.